The number of furan rings is 1. The first-order chi connectivity index (χ1) is 25.8. The summed E-state index contributed by atoms with van der Waals surface area (Å²) < 4.78 is 8.96. The van der Waals surface area contributed by atoms with Crippen molar-refractivity contribution in [1.82, 2.24) is 9.55 Å². The predicted molar refractivity (Wildman–Crippen MR) is 217 cm³/mol. The average molecular weight is 663 g/mol. The molecule has 0 spiro atoms. The molecule has 0 amide bonds. The fourth-order valence-electron chi connectivity index (χ4n) is 8.28. The molecule has 0 unspecified atom stereocenters. The Hall–Kier alpha value is -6.97. The third kappa shape index (κ3) is 4.30. The largest absolute Gasteiger partial charge is 0.456 e. The van der Waals surface area contributed by atoms with E-state index >= 15 is 0 Å². The molecule has 3 heterocycles. The van der Waals surface area contributed by atoms with Crippen molar-refractivity contribution in [2.24, 2.45) is 0 Å². The fourth-order valence-corrected chi connectivity index (χ4v) is 8.28. The lowest BCUT2D eigenvalue weighted by Crippen LogP contribution is -1.93. The number of para-hydroxylation sites is 4. The Labute approximate surface area is 299 Å². The van der Waals surface area contributed by atoms with Gasteiger partial charge < -0.3 is 8.98 Å². The van der Waals surface area contributed by atoms with E-state index in [1.54, 1.807) is 0 Å². The molecule has 0 atom stereocenters. The third-order valence-corrected chi connectivity index (χ3v) is 10.5. The number of hydrogen-bond acceptors (Lipinski definition) is 2. The molecule has 0 saturated heterocycles. The van der Waals surface area contributed by atoms with Crippen molar-refractivity contribution in [2.75, 3.05) is 0 Å². The smallest absolute Gasteiger partial charge is 0.136 e. The Morgan fingerprint density at radius 1 is 0.385 bits per heavy atom. The topological polar surface area (TPSA) is 31.0 Å². The second-order valence-corrected chi connectivity index (χ2v) is 13.5. The number of aromatic nitrogens is 2. The normalized spacial score (nSPS) is 11.8. The maximum absolute atomic E-state index is 6.60. The van der Waals surface area contributed by atoms with Gasteiger partial charge in [-0.25, -0.2) is 4.98 Å². The molecule has 11 aromatic rings. The molecule has 0 fully saturated rings. The Morgan fingerprint density at radius 3 is 1.90 bits per heavy atom. The van der Waals surface area contributed by atoms with Gasteiger partial charge in [-0.15, -0.1) is 0 Å². The van der Waals surface area contributed by atoms with Gasteiger partial charge in [0.05, 0.1) is 22.2 Å². The van der Waals surface area contributed by atoms with Crippen molar-refractivity contribution >= 4 is 65.4 Å². The van der Waals surface area contributed by atoms with Gasteiger partial charge in [-0.3, -0.25) is 0 Å². The van der Waals surface area contributed by atoms with Crippen molar-refractivity contribution in [2.45, 2.75) is 0 Å². The van der Waals surface area contributed by atoms with Gasteiger partial charge in [-0.1, -0.05) is 127 Å². The van der Waals surface area contributed by atoms with Crippen molar-refractivity contribution in [3.05, 3.63) is 182 Å². The molecule has 0 aliphatic rings. The molecule has 3 nitrogen and oxygen atoms in total. The summed E-state index contributed by atoms with van der Waals surface area (Å²) in [5.41, 5.74) is 12.9. The van der Waals surface area contributed by atoms with E-state index in [4.69, 9.17) is 9.40 Å². The van der Waals surface area contributed by atoms with Crippen molar-refractivity contribution in [3.8, 4) is 39.2 Å². The molecule has 3 heteroatoms. The van der Waals surface area contributed by atoms with Gasteiger partial charge in [0.25, 0.3) is 0 Å². The molecule has 0 saturated carbocycles. The minimum absolute atomic E-state index is 0.863. The second kappa shape index (κ2) is 11.3. The van der Waals surface area contributed by atoms with Crippen LogP contribution in [0.25, 0.3) is 105 Å². The van der Waals surface area contributed by atoms with E-state index in [-0.39, 0.29) is 0 Å². The van der Waals surface area contributed by atoms with Crippen LogP contribution in [0.3, 0.4) is 0 Å². The summed E-state index contributed by atoms with van der Waals surface area (Å²) >= 11 is 0. The number of pyridine rings is 1. The lowest BCUT2D eigenvalue weighted by Gasteiger charge is -2.16. The highest BCUT2D eigenvalue weighted by Gasteiger charge is 2.22. The first-order valence-corrected chi connectivity index (χ1v) is 17.7. The zero-order chi connectivity index (χ0) is 34.2. The van der Waals surface area contributed by atoms with Crippen LogP contribution >= 0.6 is 0 Å². The van der Waals surface area contributed by atoms with E-state index in [0.717, 1.165) is 66.3 Å². The predicted octanol–water partition coefficient (Wildman–Crippen LogP) is 13.4. The first-order valence-electron chi connectivity index (χ1n) is 17.7. The van der Waals surface area contributed by atoms with Gasteiger partial charge in [0.15, 0.2) is 0 Å². The number of hydrogen-bond donors (Lipinski definition) is 0. The number of benzene rings is 8. The SMILES string of the molecule is c1ccc(-c2c3c(cc4c(-c5cccc(-c6ccc7c(c6)c6ccccc6n7-c6ccccc6)c5)nc5ccccc5c24)oc2ccccc23)cc1. The molecule has 52 heavy (non-hydrogen) atoms. The lowest BCUT2D eigenvalue weighted by molar-refractivity contribution is 0.669. The van der Waals surface area contributed by atoms with E-state index in [9.17, 15) is 0 Å². The molecule has 0 N–H and O–H groups in total. The number of fused-ring (bicyclic) bond motifs is 9. The van der Waals surface area contributed by atoms with E-state index in [0.29, 0.717) is 0 Å². The van der Waals surface area contributed by atoms with Crippen LogP contribution in [0.1, 0.15) is 0 Å². The second-order valence-electron chi connectivity index (χ2n) is 13.5. The van der Waals surface area contributed by atoms with Crippen LogP contribution in [0.2, 0.25) is 0 Å². The molecular formula is C49H30N2O. The van der Waals surface area contributed by atoms with Crippen LogP contribution in [0, 0.1) is 0 Å². The van der Waals surface area contributed by atoms with E-state index in [2.05, 4.69) is 180 Å². The van der Waals surface area contributed by atoms with Crippen molar-refractivity contribution < 1.29 is 4.42 Å². The summed E-state index contributed by atoms with van der Waals surface area (Å²) in [5.74, 6) is 0. The van der Waals surface area contributed by atoms with Crippen LogP contribution in [0.15, 0.2) is 186 Å². The Kier molecular flexibility index (Phi) is 6.25. The molecule has 11 rings (SSSR count). The van der Waals surface area contributed by atoms with Crippen LogP contribution in [0.5, 0.6) is 0 Å². The Morgan fingerprint density at radius 2 is 1.04 bits per heavy atom. The summed E-state index contributed by atoms with van der Waals surface area (Å²) in [6.45, 7) is 0. The maximum atomic E-state index is 6.60. The molecule has 3 aromatic heterocycles. The quantitative estimate of drug-likeness (QED) is 0.176. The summed E-state index contributed by atoms with van der Waals surface area (Å²) in [6, 6.07) is 64.8. The van der Waals surface area contributed by atoms with Crippen LogP contribution in [-0.4, -0.2) is 9.55 Å². The molecule has 8 aromatic carbocycles. The van der Waals surface area contributed by atoms with Gasteiger partial charge in [0.1, 0.15) is 11.2 Å². The van der Waals surface area contributed by atoms with Crippen LogP contribution < -0.4 is 0 Å². The average Bonchev–Trinajstić information content (AvgIpc) is 3.75. The zero-order valence-corrected chi connectivity index (χ0v) is 28.1. The first kappa shape index (κ1) is 28.8. The van der Waals surface area contributed by atoms with Crippen LogP contribution in [-0.2, 0) is 0 Å². The highest BCUT2D eigenvalue weighted by molar-refractivity contribution is 6.27. The summed E-state index contributed by atoms with van der Waals surface area (Å²) in [6.07, 6.45) is 0. The zero-order valence-electron chi connectivity index (χ0n) is 28.1. The molecular weight excluding hydrogens is 633 g/mol. The summed E-state index contributed by atoms with van der Waals surface area (Å²) in [4.78, 5) is 5.39. The van der Waals surface area contributed by atoms with Gasteiger partial charge in [0.2, 0.25) is 0 Å². The minimum atomic E-state index is 0.863. The van der Waals surface area contributed by atoms with Crippen LogP contribution in [0.4, 0.5) is 0 Å². The lowest BCUT2D eigenvalue weighted by atomic mass is 9.89. The third-order valence-electron chi connectivity index (χ3n) is 10.5. The number of nitrogens with zero attached hydrogens (tertiary/aromatic N) is 2. The maximum Gasteiger partial charge on any atom is 0.136 e. The highest BCUT2D eigenvalue weighted by atomic mass is 16.3. The molecule has 0 radical (unpaired) electrons. The standard InChI is InChI=1S/C49H30N2O/c1-3-14-31(15-4-1)46-47-37-21-7-10-23-41(37)50-49(40(47)30-45-48(46)38-22-9-12-25-44(38)52-45)34-17-13-16-32(28-34)33-26-27-43-39(29-33)36-20-8-11-24-42(36)51(43)35-18-5-2-6-19-35/h1-30H. The fraction of sp³-hybridized carbons (Fsp3) is 0. The molecule has 0 aliphatic carbocycles. The number of rotatable bonds is 4. The van der Waals surface area contributed by atoms with Gasteiger partial charge >= 0.3 is 0 Å². The molecule has 0 aliphatic heterocycles. The Balaban J connectivity index is 1.17. The van der Waals surface area contributed by atoms with Gasteiger partial charge in [0, 0.05) is 54.5 Å². The van der Waals surface area contributed by atoms with E-state index in [1.165, 1.54) is 38.3 Å². The molecule has 0 bridgehead atoms. The monoisotopic (exact) mass is 662 g/mol. The van der Waals surface area contributed by atoms with E-state index in [1.807, 2.05) is 6.07 Å². The summed E-state index contributed by atoms with van der Waals surface area (Å²) in [7, 11) is 0. The van der Waals surface area contributed by atoms with Crippen molar-refractivity contribution in [3.63, 3.8) is 0 Å². The molecule has 242 valence electrons. The van der Waals surface area contributed by atoms with Crippen molar-refractivity contribution in [1.29, 1.82) is 0 Å². The van der Waals surface area contributed by atoms with Gasteiger partial charge in [-0.2, -0.15) is 0 Å². The highest BCUT2D eigenvalue weighted by Crippen LogP contribution is 2.46. The minimum Gasteiger partial charge on any atom is -0.456 e. The van der Waals surface area contributed by atoms with Gasteiger partial charge in [-0.05, 0) is 71.3 Å². The Bertz CT molecular complexity index is 3170. The van der Waals surface area contributed by atoms with E-state index < -0.39 is 0 Å². The summed E-state index contributed by atoms with van der Waals surface area (Å²) in [5, 5.41) is 8.11.